The summed E-state index contributed by atoms with van der Waals surface area (Å²) in [5.74, 6) is -3.37. The van der Waals surface area contributed by atoms with Crippen molar-refractivity contribution in [3.8, 4) is 5.88 Å². The number of carbonyl (C=O) groups is 1. The molecule has 0 aliphatic heterocycles. The molecule has 1 aromatic heterocycles. The number of carboxylic acid groups (broad SMARTS) is 1. The van der Waals surface area contributed by atoms with Crippen LogP contribution in [0.15, 0.2) is 6.07 Å². The quantitative estimate of drug-likeness (QED) is 0.533. The third-order valence-electron chi connectivity index (χ3n) is 1.94. The number of carboxylic acids is 1. The van der Waals surface area contributed by atoms with Gasteiger partial charge < -0.3 is 14.6 Å². The molecule has 0 aromatic carbocycles. The van der Waals surface area contributed by atoms with E-state index in [4.69, 9.17) is 0 Å². The zero-order valence-corrected chi connectivity index (χ0v) is 9.61. The van der Waals surface area contributed by atoms with Crippen LogP contribution in [0.4, 0.5) is 8.78 Å². The molecule has 0 amide bonds. The molecular formula is C9H9F2LiN2O3. The minimum atomic E-state index is -2.89. The molecular weight excluding hydrogens is 229 g/mol. The summed E-state index contributed by atoms with van der Waals surface area (Å²) in [7, 11) is 1.24. The maximum Gasteiger partial charge on any atom is 1.00 e. The molecule has 1 unspecified atom stereocenters. The summed E-state index contributed by atoms with van der Waals surface area (Å²) in [5, 5.41) is 10.6. The molecule has 0 radical (unpaired) electrons. The van der Waals surface area contributed by atoms with Gasteiger partial charge in [0.05, 0.1) is 18.8 Å². The summed E-state index contributed by atoms with van der Waals surface area (Å²) < 4.78 is 29.4. The van der Waals surface area contributed by atoms with Crippen LogP contribution in [-0.2, 0) is 4.79 Å². The van der Waals surface area contributed by atoms with E-state index in [-0.39, 0.29) is 30.4 Å². The van der Waals surface area contributed by atoms with Gasteiger partial charge >= 0.3 is 18.9 Å². The Balaban J connectivity index is 0.00000256. The number of ether oxygens (including phenoxy) is 1. The fourth-order valence-electron chi connectivity index (χ4n) is 1.01. The van der Waals surface area contributed by atoms with Crippen LogP contribution < -0.4 is 28.7 Å². The monoisotopic (exact) mass is 238 g/mol. The number of carbonyl (C=O) groups excluding carboxylic acids is 1. The van der Waals surface area contributed by atoms with Crippen molar-refractivity contribution in [2.75, 3.05) is 7.11 Å². The second-order valence-electron chi connectivity index (χ2n) is 3.03. The van der Waals surface area contributed by atoms with E-state index in [1.54, 1.807) is 0 Å². The molecule has 1 heterocycles. The third-order valence-corrected chi connectivity index (χ3v) is 1.94. The zero-order chi connectivity index (χ0) is 12.3. The Morgan fingerprint density at radius 3 is 2.47 bits per heavy atom. The Morgan fingerprint density at radius 2 is 2.06 bits per heavy atom. The molecule has 0 spiro atoms. The maximum atomic E-state index is 12.4. The Bertz CT molecular complexity index is 404. The summed E-state index contributed by atoms with van der Waals surface area (Å²) >= 11 is 0. The van der Waals surface area contributed by atoms with Gasteiger partial charge in [0, 0.05) is 12.0 Å². The van der Waals surface area contributed by atoms with Crippen LogP contribution in [0.2, 0.25) is 0 Å². The molecule has 0 saturated carbocycles. The minimum Gasteiger partial charge on any atom is -0.549 e. The summed E-state index contributed by atoms with van der Waals surface area (Å²) in [4.78, 5) is 17.4. The molecule has 0 bridgehead atoms. The van der Waals surface area contributed by atoms with E-state index >= 15 is 0 Å². The Labute approximate surface area is 108 Å². The first-order valence-corrected chi connectivity index (χ1v) is 4.37. The normalized spacial score (nSPS) is 11.8. The van der Waals surface area contributed by atoms with Crippen LogP contribution in [0.25, 0.3) is 0 Å². The Morgan fingerprint density at radius 1 is 1.47 bits per heavy atom. The molecule has 0 saturated heterocycles. The predicted molar refractivity (Wildman–Crippen MR) is 47.0 cm³/mol. The van der Waals surface area contributed by atoms with Crippen LogP contribution in [0.1, 0.15) is 30.8 Å². The number of halogens is 2. The number of nitrogens with zero attached hydrogens (tertiary/aromatic N) is 2. The topological polar surface area (TPSA) is 75.1 Å². The van der Waals surface area contributed by atoms with E-state index in [0.29, 0.717) is 0 Å². The van der Waals surface area contributed by atoms with E-state index in [1.165, 1.54) is 20.1 Å². The van der Waals surface area contributed by atoms with E-state index < -0.39 is 24.1 Å². The molecule has 88 valence electrons. The van der Waals surface area contributed by atoms with Gasteiger partial charge in [0.1, 0.15) is 0 Å². The molecule has 0 aliphatic carbocycles. The van der Waals surface area contributed by atoms with Crippen molar-refractivity contribution in [3.05, 3.63) is 17.6 Å². The first-order chi connectivity index (χ1) is 7.45. The van der Waals surface area contributed by atoms with Crippen LogP contribution in [0.3, 0.4) is 0 Å². The molecule has 0 N–H and O–H groups in total. The molecule has 1 atom stereocenters. The molecule has 1 rings (SSSR count). The van der Waals surface area contributed by atoms with Crippen LogP contribution in [-0.4, -0.2) is 23.0 Å². The standard InChI is InChI=1S/C9H10F2N2O3.Li/c1-4(9(14)15)5-3-6(16-2)13-8(12-5)7(10)11;/h3-4,7H,1-2H3,(H,14,15);/q;+1/p-1. The van der Waals surface area contributed by atoms with Gasteiger partial charge in [-0.1, -0.05) is 6.92 Å². The molecule has 17 heavy (non-hydrogen) atoms. The van der Waals surface area contributed by atoms with Crippen molar-refractivity contribution in [1.82, 2.24) is 9.97 Å². The number of aromatic nitrogens is 2. The smallest absolute Gasteiger partial charge is 0.549 e. The van der Waals surface area contributed by atoms with Gasteiger partial charge in [-0.05, 0) is 0 Å². The average Bonchev–Trinajstić information content (AvgIpc) is 2.27. The van der Waals surface area contributed by atoms with Gasteiger partial charge in [0.2, 0.25) is 5.88 Å². The summed E-state index contributed by atoms with van der Waals surface area (Å²) in [5.41, 5.74) is -0.0675. The van der Waals surface area contributed by atoms with E-state index in [9.17, 15) is 18.7 Å². The van der Waals surface area contributed by atoms with Gasteiger partial charge in [0.25, 0.3) is 6.43 Å². The van der Waals surface area contributed by atoms with Gasteiger partial charge in [-0.2, -0.15) is 4.98 Å². The first kappa shape index (κ1) is 15.8. The predicted octanol–water partition coefficient (Wildman–Crippen LogP) is -2.72. The third kappa shape index (κ3) is 3.95. The maximum absolute atomic E-state index is 12.4. The summed E-state index contributed by atoms with van der Waals surface area (Å²) in [6, 6.07) is 1.19. The summed E-state index contributed by atoms with van der Waals surface area (Å²) in [6.45, 7) is 1.28. The van der Waals surface area contributed by atoms with Crippen molar-refractivity contribution in [2.45, 2.75) is 19.3 Å². The molecule has 0 aliphatic rings. The van der Waals surface area contributed by atoms with E-state index in [1.807, 2.05) is 0 Å². The van der Waals surface area contributed by atoms with Crippen molar-refractivity contribution in [1.29, 1.82) is 0 Å². The number of aliphatic carboxylic acids is 1. The number of alkyl halides is 2. The molecule has 8 heteroatoms. The van der Waals surface area contributed by atoms with Crippen LogP contribution >= 0.6 is 0 Å². The zero-order valence-electron chi connectivity index (χ0n) is 9.61. The fraction of sp³-hybridized carbons (Fsp3) is 0.444. The van der Waals surface area contributed by atoms with Gasteiger partial charge in [-0.15, -0.1) is 0 Å². The first-order valence-electron chi connectivity index (χ1n) is 4.37. The summed E-state index contributed by atoms with van der Waals surface area (Å²) in [6.07, 6.45) is -2.89. The SMILES string of the molecule is COc1cc(C(C)C(=O)[O-])nc(C(F)F)n1.[Li+]. The largest absolute Gasteiger partial charge is 1.00 e. The van der Waals surface area contributed by atoms with Crippen molar-refractivity contribution in [3.63, 3.8) is 0 Å². The van der Waals surface area contributed by atoms with Crippen molar-refractivity contribution < 1.29 is 42.3 Å². The van der Waals surface area contributed by atoms with Crippen LogP contribution in [0, 0.1) is 0 Å². The van der Waals surface area contributed by atoms with Crippen LogP contribution in [0.5, 0.6) is 5.88 Å². The second kappa shape index (κ2) is 6.52. The van der Waals surface area contributed by atoms with Crippen molar-refractivity contribution >= 4 is 5.97 Å². The van der Waals surface area contributed by atoms with E-state index in [2.05, 4.69) is 14.7 Å². The van der Waals surface area contributed by atoms with Gasteiger partial charge in [0.15, 0.2) is 5.82 Å². The second-order valence-corrected chi connectivity index (χ2v) is 3.03. The van der Waals surface area contributed by atoms with Gasteiger partial charge in [-0.3, -0.25) is 0 Å². The number of methoxy groups -OCH3 is 1. The molecule has 5 nitrogen and oxygen atoms in total. The number of hydrogen-bond acceptors (Lipinski definition) is 5. The Hall–Kier alpha value is -1.19. The van der Waals surface area contributed by atoms with E-state index in [0.717, 1.165) is 0 Å². The average molecular weight is 238 g/mol. The number of hydrogen-bond donors (Lipinski definition) is 0. The fourth-order valence-corrected chi connectivity index (χ4v) is 1.01. The van der Waals surface area contributed by atoms with Crippen molar-refractivity contribution in [2.24, 2.45) is 0 Å². The number of rotatable bonds is 4. The Kier molecular flexibility index (Phi) is 6.06. The van der Waals surface area contributed by atoms with Gasteiger partial charge in [-0.25, -0.2) is 13.8 Å². The molecule has 0 fully saturated rings. The minimum absolute atomic E-state index is 0. The molecule has 1 aromatic rings.